The maximum absolute atomic E-state index is 5.14. The summed E-state index contributed by atoms with van der Waals surface area (Å²) >= 11 is 0. The van der Waals surface area contributed by atoms with E-state index in [1.165, 1.54) is 13.0 Å². The van der Waals surface area contributed by atoms with Crippen LogP contribution < -0.4 is 0 Å². The Bertz CT molecular complexity index is 115. The summed E-state index contributed by atoms with van der Waals surface area (Å²) in [5.74, 6) is 0.638. The molecule has 0 saturated heterocycles. The fourth-order valence-corrected chi connectivity index (χ4v) is 1.59. The maximum Gasteiger partial charge on any atom is 0.0500 e. The second-order valence-electron chi connectivity index (χ2n) is 4.15. The van der Waals surface area contributed by atoms with Crippen LogP contribution in [0.1, 0.15) is 34.1 Å². The molecular weight excluding hydrogens is 162 g/mol. The Labute approximate surface area is 83.3 Å². The molecule has 0 saturated carbocycles. The number of ether oxygens (including phenoxy) is 1. The molecule has 13 heavy (non-hydrogen) atoms. The van der Waals surface area contributed by atoms with Crippen LogP contribution in [0.2, 0.25) is 0 Å². The van der Waals surface area contributed by atoms with Crippen LogP contribution in [-0.4, -0.2) is 37.7 Å². The van der Waals surface area contributed by atoms with Gasteiger partial charge in [-0.15, -0.1) is 0 Å². The van der Waals surface area contributed by atoms with Gasteiger partial charge in [0.1, 0.15) is 0 Å². The van der Waals surface area contributed by atoms with E-state index in [9.17, 15) is 0 Å². The number of nitrogens with zero attached hydrogens (tertiary/aromatic N) is 1. The molecule has 0 aromatic rings. The van der Waals surface area contributed by atoms with E-state index in [4.69, 9.17) is 4.74 Å². The first-order chi connectivity index (χ1) is 6.11. The fourth-order valence-electron chi connectivity index (χ4n) is 1.59. The van der Waals surface area contributed by atoms with Gasteiger partial charge < -0.3 is 9.64 Å². The third kappa shape index (κ3) is 6.05. The highest BCUT2D eigenvalue weighted by Crippen LogP contribution is 2.05. The van der Waals surface area contributed by atoms with Crippen LogP contribution in [0.15, 0.2) is 0 Å². The van der Waals surface area contributed by atoms with Crippen molar-refractivity contribution in [2.24, 2.45) is 5.92 Å². The summed E-state index contributed by atoms with van der Waals surface area (Å²) in [5, 5.41) is 0. The van der Waals surface area contributed by atoms with Crippen LogP contribution in [0.4, 0.5) is 0 Å². The van der Waals surface area contributed by atoms with Crippen LogP contribution in [0.5, 0.6) is 0 Å². The van der Waals surface area contributed by atoms with Crippen LogP contribution in [0.3, 0.4) is 0 Å². The van der Waals surface area contributed by atoms with E-state index in [1.54, 1.807) is 7.11 Å². The fraction of sp³-hybridized carbons (Fsp3) is 1.00. The molecule has 0 aliphatic carbocycles. The van der Waals surface area contributed by atoms with Crippen molar-refractivity contribution in [3.8, 4) is 0 Å². The smallest absolute Gasteiger partial charge is 0.0500 e. The van der Waals surface area contributed by atoms with E-state index < -0.39 is 0 Å². The Balaban J connectivity index is 3.79. The van der Waals surface area contributed by atoms with Gasteiger partial charge in [-0.25, -0.2) is 0 Å². The van der Waals surface area contributed by atoms with E-state index in [0.717, 1.165) is 13.2 Å². The zero-order chi connectivity index (χ0) is 10.3. The van der Waals surface area contributed by atoms with Gasteiger partial charge in [0.2, 0.25) is 0 Å². The minimum Gasteiger partial charge on any atom is -0.384 e. The molecule has 0 aromatic heterocycles. The van der Waals surface area contributed by atoms with E-state index in [0.29, 0.717) is 12.0 Å². The molecule has 0 fully saturated rings. The van der Waals surface area contributed by atoms with E-state index in [1.807, 2.05) is 0 Å². The molecule has 2 heteroatoms. The molecule has 0 aliphatic rings. The molecule has 0 heterocycles. The van der Waals surface area contributed by atoms with Crippen molar-refractivity contribution in [3.05, 3.63) is 0 Å². The van der Waals surface area contributed by atoms with E-state index in [2.05, 4.69) is 32.6 Å². The molecule has 1 unspecified atom stereocenters. The predicted octanol–water partition coefficient (Wildman–Crippen LogP) is 2.39. The molecule has 80 valence electrons. The Kier molecular flexibility index (Phi) is 7.29. The highest BCUT2D eigenvalue weighted by molar-refractivity contribution is 4.65. The summed E-state index contributed by atoms with van der Waals surface area (Å²) in [5.41, 5.74) is 0. The van der Waals surface area contributed by atoms with Crippen molar-refractivity contribution in [1.82, 2.24) is 4.90 Å². The monoisotopic (exact) mass is 187 g/mol. The van der Waals surface area contributed by atoms with Crippen LogP contribution in [-0.2, 0) is 4.74 Å². The highest BCUT2D eigenvalue weighted by Gasteiger charge is 2.11. The van der Waals surface area contributed by atoms with Gasteiger partial charge in [-0.3, -0.25) is 0 Å². The molecule has 0 N–H and O–H groups in total. The van der Waals surface area contributed by atoms with Crippen molar-refractivity contribution in [2.45, 2.75) is 40.2 Å². The van der Waals surface area contributed by atoms with Gasteiger partial charge in [-0.1, -0.05) is 13.8 Å². The second kappa shape index (κ2) is 7.34. The Morgan fingerprint density at radius 3 is 2.23 bits per heavy atom. The van der Waals surface area contributed by atoms with Gasteiger partial charge in [0, 0.05) is 26.3 Å². The molecule has 2 nitrogen and oxygen atoms in total. The molecule has 0 aromatic carbocycles. The zero-order valence-corrected chi connectivity index (χ0v) is 9.84. The molecule has 0 rings (SSSR count). The summed E-state index contributed by atoms with van der Waals surface area (Å²) in [6, 6.07) is 0.652. The van der Waals surface area contributed by atoms with Crippen LogP contribution >= 0.6 is 0 Å². The first kappa shape index (κ1) is 12.9. The highest BCUT2D eigenvalue weighted by atomic mass is 16.5. The largest absolute Gasteiger partial charge is 0.384 e. The van der Waals surface area contributed by atoms with Crippen molar-refractivity contribution in [3.63, 3.8) is 0 Å². The average Bonchev–Trinajstić information content (AvgIpc) is 2.04. The number of hydrogen-bond donors (Lipinski definition) is 0. The first-order valence-corrected chi connectivity index (χ1v) is 5.34. The SMILES string of the molecule is CCCN(CC(C)COC)C(C)C. The zero-order valence-electron chi connectivity index (χ0n) is 9.84. The van der Waals surface area contributed by atoms with Gasteiger partial charge in [-0.2, -0.15) is 0 Å². The normalized spacial score (nSPS) is 14.1. The quantitative estimate of drug-likeness (QED) is 0.607. The summed E-state index contributed by atoms with van der Waals surface area (Å²) in [4.78, 5) is 2.52. The Morgan fingerprint density at radius 2 is 1.85 bits per heavy atom. The van der Waals surface area contributed by atoms with Crippen LogP contribution in [0, 0.1) is 5.92 Å². The summed E-state index contributed by atoms with van der Waals surface area (Å²) in [7, 11) is 1.77. The lowest BCUT2D eigenvalue weighted by molar-refractivity contribution is 0.116. The summed E-state index contributed by atoms with van der Waals surface area (Å²) < 4.78 is 5.14. The lowest BCUT2D eigenvalue weighted by atomic mass is 10.1. The molecule has 1 atom stereocenters. The Morgan fingerprint density at radius 1 is 1.23 bits per heavy atom. The van der Waals surface area contributed by atoms with Gasteiger partial charge >= 0.3 is 0 Å². The minimum absolute atomic E-state index is 0.638. The lowest BCUT2D eigenvalue weighted by Gasteiger charge is -2.28. The number of methoxy groups -OCH3 is 1. The van der Waals surface area contributed by atoms with Gasteiger partial charge in [0.25, 0.3) is 0 Å². The molecular formula is C11H25NO. The standard InChI is InChI=1S/C11H25NO/c1-6-7-12(10(2)3)8-11(4)9-13-5/h10-11H,6-9H2,1-5H3. The van der Waals surface area contributed by atoms with E-state index in [-0.39, 0.29) is 0 Å². The van der Waals surface area contributed by atoms with Gasteiger partial charge in [-0.05, 0) is 32.7 Å². The first-order valence-electron chi connectivity index (χ1n) is 5.34. The van der Waals surface area contributed by atoms with Gasteiger partial charge in [0.05, 0.1) is 0 Å². The lowest BCUT2D eigenvalue weighted by Crippen LogP contribution is -2.36. The number of hydrogen-bond acceptors (Lipinski definition) is 2. The molecule has 0 amide bonds. The van der Waals surface area contributed by atoms with E-state index >= 15 is 0 Å². The number of rotatable bonds is 7. The Hall–Kier alpha value is -0.0800. The maximum atomic E-state index is 5.14. The molecule has 0 spiro atoms. The van der Waals surface area contributed by atoms with Crippen molar-refractivity contribution >= 4 is 0 Å². The molecule has 0 aliphatic heterocycles. The van der Waals surface area contributed by atoms with Crippen LogP contribution in [0.25, 0.3) is 0 Å². The third-order valence-corrected chi connectivity index (χ3v) is 2.24. The van der Waals surface area contributed by atoms with Gasteiger partial charge in [0.15, 0.2) is 0 Å². The average molecular weight is 187 g/mol. The third-order valence-electron chi connectivity index (χ3n) is 2.24. The second-order valence-corrected chi connectivity index (χ2v) is 4.15. The van der Waals surface area contributed by atoms with Crippen molar-refractivity contribution in [1.29, 1.82) is 0 Å². The van der Waals surface area contributed by atoms with Crippen molar-refractivity contribution in [2.75, 3.05) is 26.8 Å². The van der Waals surface area contributed by atoms with Crippen molar-refractivity contribution < 1.29 is 4.74 Å². The summed E-state index contributed by atoms with van der Waals surface area (Å²) in [6.45, 7) is 12.2. The predicted molar refractivity (Wildman–Crippen MR) is 58.0 cm³/mol. The molecule has 0 bridgehead atoms. The summed E-state index contributed by atoms with van der Waals surface area (Å²) in [6.07, 6.45) is 1.23. The topological polar surface area (TPSA) is 12.5 Å². The minimum atomic E-state index is 0.638. The molecule has 0 radical (unpaired) electrons.